The summed E-state index contributed by atoms with van der Waals surface area (Å²) in [4.78, 5) is 0. The summed E-state index contributed by atoms with van der Waals surface area (Å²) in [6.45, 7) is 13.1. The Morgan fingerprint density at radius 3 is 1.48 bits per heavy atom. The first-order chi connectivity index (χ1) is 11.2. The van der Waals surface area contributed by atoms with Crippen molar-refractivity contribution in [1.29, 1.82) is 0 Å². The van der Waals surface area contributed by atoms with Crippen molar-refractivity contribution in [3.05, 3.63) is 0 Å². The van der Waals surface area contributed by atoms with Crippen LogP contribution in [0.15, 0.2) is 0 Å². The number of hydrogen-bond acceptors (Lipinski definition) is 5. The van der Waals surface area contributed by atoms with E-state index < -0.39 is 9.53 Å². The number of hydrogen-bond donors (Lipinski definition) is 2. The largest absolute Gasteiger partial charge is 0.484 e. The average Bonchev–Trinajstić information content (AvgIpc) is 2.46. The van der Waals surface area contributed by atoms with Gasteiger partial charge >= 0.3 is 9.53 Å². The molecular weight excluding hydrogens is 308 g/mol. The van der Waals surface area contributed by atoms with Crippen LogP contribution in [0.1, 0.15) is 66.2 Å². The van der Waals surface area contributed by atoms with Gasteiger partial charge < -0.3 is 24.3 Å². The van der Waals surface area contributed by atoms with Crippen LogP contribution in [0.25, 0.3) is 0 Å². The Morgan fingerprint density at radius 1 is 0.913 bits per heavy atom. The van der Waals surface area contributed by atoms with Crippen LogP contribution in [0.3, 0.4) is 0 Å². The van der Waals surface area contributed by atoms with E-state index in [1.54, 1.807) is 0 Å². The predicted octanol–water partition coefficient (Wildman–Crippen LogP) is 2.71. The molecular formula is C17H40N2O3Si. The standard InChI is InChI=1S/C12H28O3Si.C5H12N2/c1-4-7-10-13-16(14-11-8-5-2)15-12-9-6-3;1-4(6)5-2-7-3-5/h16H,4-12H2,1-3H3;4-5,7H,2-3,6H2,1H3. The van der Waals surface area contributed by atoms with Crippen LogP contribution in [-0.4, -0.2) is 48.5 Å². The lowest BCUT2D eigenvalue weighted by molar-refractivity contribution is 0.0899. The van der Waals surface area contributed by atoms with Gasteiger partial charge in [0.05, 0.1) is 0 Å². The summed E-state index contributed by atoms with van der Waals surface area (Å²) >= 11 is 0. The maximum Gasteiger partial charge on any atom is 0.484 e. The van der Waals surface area contributed by atoms with E-state index in [0.717, 1.165) is 77.4 Å². The molecule has 3 N–H and O–H groups in total. The third-order valence-corrected chi connectivity index (χ3v) is 5.34. The van der Waals surface area contributed by atoms with Crippen molar-refractivity contribution in [2.75, 3.05) is 32.9 Å². The molecule has 5 nitrogen and oxygen atoms in total. The first-order valence-electron chi connectivity index (χ1n) is 9.46. The summed E-state index contributed by atoms with van der Waals surface area (Å²) in [7, 11) is -1.83. The number of nitrogens with one attached hydrogen (secondary N) is 1. The zero-order valence-corrected chi connectivity index (χ0v) is 17.0. The molecule has 1 unspecified atom stereocenters. The molecule has 0 aliphatic carbocycles. The average molecular weight is 349 g/mol. The third kappa shape index (κ3) is 14.1. The molecule has 0 bridgehead atoms. The highest BCUT2D eigenvalue weighted by atomic mass is 28.3. The molecule has 0 radical (unpaired) electrons. The number of nitrogens with two attached hydrogens (primary N) is 1. The normalized spacial score (nSPS) is 15.9. The second kappa shape index (κ2) is 16.9. The Kier molecular flexibility index (Phi) is 16.9. The monoisotopic (exact) mass is 348 g/mol. The molecule has 1 aliphatic rings. The van der Waals surface area contributed by atoms with Crippen molar-refractivity contribution in [2.24, 2.45) is 11.7 Å². The lowest BCUT2D eigenvalue weighted by atomic mass is 9.96. The fourth-order valence-corrected chi connectivity index (χ4v) is 3.16. The highest BCUT2D eigenvalue weighted by Gasteiger charge is 2.19. The lowest BCUT2D eigenvalue weighted by Gasteiger charge is -2.30. The van der Waals surface area contributed by atoms with Gasteiger partial charge in [-0.05, 0) is 32.1 Å². The van der Waals surface area contributed by atoms with Crippen molar-refractivity contribution >= 4 is 9.53 Å². The fraction of sp³-hybridized carbons (Fsp3) is 1.00. The molecule has 1 fully saturated rings. The molecule has 23 heavy (non-hydrogen) atoms. The van der Waals surface area contributed by atoms with Gasteiger partial charge in [0.15, 0.2) is 0 Å². The van der Waals surface area contributed by atoms with E-state index in [1.165, 1.54) is 0 Å². The topological polar surface area (TPSA) is 65.7 Å². The fourth-order valence-electron chi connectivity index (χ4n) is 1.80. The summed E-state index contributed by atoms with van der Waals surface area (Å²) in [6, 6.07) is 0.390. The van der Waals surface area contributed by atoms with Crippen LogP contribution in [-0.2, 0) is 13.3 Å². The summed E-state index contributed by atoms with van der Waals surface area (Å²) in [5, 5.41) is 3.16. The van der Waals surface area contributed by atoms with Gasteiger partial charge in [-0.2, -0.15) is 0 Å². The van der Waals surface area contributed by atoms with Crippen molar-refractivity contribution in [3.8, 4) is 0 Å². The van der Waals surface area contributed by atoms with E-state index in [-0.39, 0.29) is 0 Å². The molecule has 0 amide bonds. The first-order valence-corrected chi connectivity index (χ1v) is 10.9. The summed E-state index contributed by atoms with van der Waals surface area (Å²) in [5.74, 6) is 0.750. The maximum absolute atomic E-state index is 5.67. The van der Waals surface area contributed by atoms with Crippen LogP contribution in [0, 0.1) is 5.92 Å². The maximum atomic E-state index is 5.67. The molecule has 0 saturated carbocycles. The van der Waals surface area contributed by atoms with E-state index in [4.69, 9.17) is 19.0 Å². The van der Waals surface area contributed by atoms with Gasteiger partial charge in [-0.1, -0.05) is 40.0 Å². The quantitative estimate of drug-likeness (QED) is 0.396. The molecule has 0 spiro atoms. The molecule has 1 rings (SSSR count). The highest BCUT2D eigenvalue weighted by Crippen LogP contribution is 2.04. The zero-order valence-electron chi connectivity index (χ0n) is 15.8. The predicted molar refractivity (Wildman–Crippen MR) is 99.7 cm³/mol. The van der Waals surface area contributed by atoms with Crippen LogP contribution in [0.4, 0.5) is 0 Å². The molecule has 6 heteroatoms. The van der Waals surface area contributed by atoms with E-state index in [2.05, 4.69) is 33.0 Å². The number of rotatable bonds is 13. The molecule has 1 saturated heterocycles. The van der Waals surface area contributed by atoms with Gasteiger partial charge in [-0.3, -0.25) is 0 Å². The van der Waals surface area contributed by atoms with Crippen molar-refractivity contribution in [1.82, 2.24) is 5.32 Å². The summed E-state index contributed by atoms with van der Waals surface area (Å²) < 4.78 is 17.0. The minimum Gasteiger partial charge on any atom is -0.376 e. The van der Waals surface area contributed by atoms with Crippen LogP contribution in [0.5, 0.6) is 0 Å². The van der Waals surface area contributed by atoms with Crippen LogP contribution in [0.2, 0.25) is 0 Å². The molecule has 140 valence electrons. The Balaban J connectivity index is 0.000000568. The summed E-state index contributed by atoms with van der Waals surface area (Å²) in [5.41, 5.74) is 5.56. The van der Waals surface area contributed by atoms with Gasteiger partial charge in [0.25, 0.3) is 0 Å². The van der Waals surface area contributed by atoms with E-state index in [1.807, 2.05) is 0 Å². The first kappa shape index (κ1) is 23.0. The zero-order chi connectivity index (χ0) is 17.3. The summed E-state index contributed by atoms with van der Waals surface area (Å²) in [6.07, 6.45) is 6.76. The Morgan fingerprint density at radius 2 is 1.30 bits per heavy atom. The lowest BCUT2D eigenvalue weighted by Crippen LogP contribution is -2.50. The second-order valence-electron chi connectivity index (χ2n) is 6.24. The van der Waals surface area contributed by atoms with Gasteiger partial charge in [-0.25, -0.2) is 0 Å². The van der Waals surface area contributed by atoms with Crippen LogP contribution >= 0.6 is 0 Å². The molecule has 0 aromatic carbocycles. The Hall–Kier alpha value is 0.0169. The van der Waals surface area contributed by atoms with Crippen molar-refractivity contribution in [3.63, 3.8) is 0 Å². The Bertz CT molecular complexity index is 218. The van der Waals surface area contributed by atoms with Crippen molar-refractivity contribution < 1.29 is 13.3 Å². The minimum absolute atomic E-state index is 0.390. The SMILES string of the molecule is CC(N)C1CNC1.CCCCO[SiH](OCCCC)OCCCC. The van der Waals surface area contributed by atoms with Crippen molar-refractivity contribution in [2.45, 2.75) is 72.3 Å². The smallest absolute Gasteiger partial charge is 0.376 e. The van der Waals surface area contributed by atoms with E-state index >= 15 is 0 Å². The minimum atomic E-state index is -1.83. The molecule has 1 atom stereocenters. The third-order valence-electron chi connectivity index (χ3n) is 3.81. The molecule has 0 aromatic rings. The van der Waals surface area contributed by atoms with Gasteiger partial charge in [0.2, 0.25) is 0 Å². The van der Waals surface area contributed by atoms with E-state index in [9.17, 15) is 0 Å². The van der Waals surface area contributed by atoms with Crippen LogP contribution < -0.4 is 11.1 Å². The second-order valence-corrected chi connectivity index (χ2v) is 7.82. The van der Waals surface area contributed by atoms with E-state index in [0.29, 0.717) is 6.04 Å². The van der Waals surface area contributed by atoms with Gasteiger partial charge in [0, 0.05) is 39.0 Å². The molecule has 1 aliphatic heterocycles. The van der Waals surface area contributed by atoms with Gasteiger partial charge in [0.1, 0.15) is 0 Å². The molecule has 1 heterocycles. The molecule has 0 aromatic heterocycles. The van der Waals surface area contributed by atoms with Gasteiger partial charge in [-0.15, -0.1) is 0 Å². The highest BCUT2D eigenvalue weighted by molar-refractivity contribution is 6.36. The number of unbranched alkanes of at least 4 members (excludes halogenated alkanes) is 3. The Labute approximate surface area is 145 Å².